The molecule has 4 heteroatoms. The number of hydrogen-bond acceptors (Lipinski definition) is 4. The lowest BCUT2D eigenvalue weighted by atomic mass is 9.95. The third-order valence-corrected chi connectivity index (χ3v) is 5.13. The highest BCUT2D eigenvalue weighted by molar-refractivity contribution is 8.00. The highest BCUT2D eigenvalue weighted by Crippen LogP contribution is 2.35. The lowest BCUT2D eigenvalue weighted by molar-refractivity contribution is 0.402. The van der Waals surface area contributed by atoms with Crippen LogP contribution in [0.3, 0.4) is 0 Å². The Labute approximate surface area is 118 Å². The summed E-state index contributed by atoms with van der Waals surface area (Å²) in [5.41, 5.74) is 1.04. The Bertz CT molecular complexity index is 553. The Balaban J connectivity index is 1.81. The predicted molar refractivity (Wildman–Crippen MR) is 80.5 cm³/mol. The van der Waals surface area contributed by atoms with Crippen LogP contribution in [-0.4, -0.2) is 28.3 Å². The second-order valence-electron chi connectivity index (χ2n) is 5.09. The summed E-state index contributed by atoms with van der Waals surface area (Å²) in [6.45, 7) is 0. The minimum absolute atomic E-state index is 0.666. The second kappa shape index (κ2) is 5.88. The number of nitrogens with zero attached hydrogens (tertiary/aromatic N) is 2. The second-order valence-corrected chi connectivity index (χ2v) is 6.38. The number of hydrogen-bond donors (Lipinski definition) is 1. The third-order valence-electron chi connectivity index (χ3n) is 3.82. The van der Waals surface area contributed by atoms with Gasteiger partial charge in [0.25, 0.3) is 0 Å². The van der Waals surface area contributed by atoms with Crippen LogP contribution in [0.5, 0.6) is 0 Å². The van der Waals surface area contributed by atoms with Gasteiger partial charge in [0.15, 0.2) is 0 Å². The molecule has 1 aromatic heterocycles. The lowest BCUT2D eigenvalue weighted by Crippen LogP contribution is -2.32. The van der Waals surface area contributed by atoms with Crippen molar-refractivity contribution < 1.29 is 0 Å². The van der Waals surface area contributed by atoms with E-state index in [0.717, 1.165) is 10.5 Å². The Hall–Kier alpha value is -1.13. The van der Waals surface area contributed by atoms with Crippen molar-refractivity contribution in [2.75, 3.05) is 7.05 Å². The van der Waals surface area contributed by atoms with Crippen molar-refractivity contribution in [3.05, 3.63) is 30.6 Å². The molecule has 0 amide bonds. The molecule has 0 bridgehead atoms. The fourth-order valence-electron chi connectivity index (χ4n) is 2.75. The van der Waals surface area contributed by atoms with Gasteiger partial charge in [-0.05, 0) is 32.4 Å². The summed E-state index contributed by atoms with van der Waals surface area (Å²) >= 11 is 1.92. The number of benzene rings is 1. The first-order valence-corrected chi connectivity index (χ1v) is 7.78. The molecular weight excluding hydrogens is 254 g/mol. The maximum absolute atomic E-state index is 4.48. The average molecular weight is 273 g/mol. The average Bonchev–Trinajstić information content (AvgIpc) is 2.48. The van der Waals surface area contributed by atoms with E-state index >= 15 is 0 Å². The minimum Gasteiger partial charge on any atom is -0.317 e. The van der Waals surface area contributed by atoms with Crippen LogP contribution in [0.25, 0.3) is 10.9 Å². The first-order chi connectivity index (χ1) is 9.36. The third kappa shape index (κ3) is 2.90. The van der Waals surface area contributed by atoms with Crippen molar-refractivity contribution in [2.24, 2.45) is 0 Å². The van der Waals surface area contributed by atoms with E-state index in [4.69, 9.17) is 0 Å². The molecule has 3 rings (SSSR count). The van der Waals surface area contributed by atoms with E-state index in [9.17, 15) is 0 Å². The topological polar surface area (TPSA) is 37.8 Å². The van der Waals surface area contributed by atoms with Gasteiger partial charge in [-0.15, -0.1) is 11.8 Å². The van der Waals surface area contributed by atoms with E-state index in [1.54, 1.807) is 6.33 Å². The summed E-state index contributed by atoms with van der Waals surface area (Å²) in [6.07, 6.45) is 6.83. The molecule has 1 aliphatic carbocycles. The van der Waals surface area contributed by atoms with Crippen LogP contribution in [0.2, 0.25) is 0 Å². The molecule has 1 aliphatic rings. The zero-order valence-electron chi connectivity index (χ0n) is 11.2. The van der Waals surface area contributed by atoms with Crippen LogP contribution in [-0.2, 0) is 0 Å². The van der Waals surface area contributed by atoms with Crippen molar-refractivity contribution in [1.82, 2.24) is 15.3 Å². The van der Waals surface area contributed by atoms with E-state index < -0.39 is 0 Å². The van der Waals surface area contributed by atoms with Gasteiger partial charge >= 0.3 is 0 Å². The van der Waals surface area contributed by atoms with Crippen molar-refractivity contribution in [3.63, 3.8) is 0 Å². The van der Waals surface area contributed by atoms with E-state index in [-0.39, 0.29) is 0 Å². The van der Waals surface area contributed by atoms with Gasteiger partial charge in [0.05, 0.1) is 5.52 Å². The monoisotopic (exact) mass is 273 g/mol. The predicted octanol–water partition coefficient (Wildman–Crippen LogP) is 3.25. The van der Waals surface area contributed by atoms with Gasteiger partial charge in [-0.3, -0.25) is 0 Å². The van der Waals surface area contributed by atoms with Gasteiger partial charge < -0.3 is 5.32 Å². The molecule has 0 radical (unpaired) electrons. The maximum Gasteiger partial charge on any atom is 0.117 e. The number of para-hydroxylation sites is 1. The molecule has 0 aliphatic heterocycles. The first-order valence-electron chi connectivity index (χ1n) is 6.90. The number of rotatable bonds is 3. The Morgan fingerprint density at radius 1 is 1.21 bits per heavy atom. The largest absolute Gasteiger partial charge is 0.317 e. The highest BCUT2D eigenvalue weighted by Gasteiger charge is 2.22. The fourth-order valence-corrected chi connectivity index (χ4v) is 4.08. The minimum atomic E-state index is 0.666. The SMILES string of the molecule is CNC1CCCC(Sc2ncnc3ccccc23)C1. The molecule has 1 N–H and O–H groups in total. The first kappa shape index (κ1) is 12.9. The van der Waals surface area contributed by atoms with Crippen molar-refractivity contribution in [1.29, 1.82) is 0 Å². The maximum atomic E-state index is 4.48. The molecule has 1 fully saturated rings. The number of nitrogens with one attached hydrogen (secondary N) is 1. The van der Waals surface area contributed by atoms with Gasteiger partial charge in [-0.1, -0.05) is 24.6 Å². The molecule has 1 saturated carbocycles. The molecule has 2 aromatic rings. The van der Waals surface area contributed by atoms with Gasteiger partial charge in [-0.2, -0.15) is 0 Å². The van der Waals surface area contributed by atoms with E-state index in [0.29, 0.717) is 11.3 Å². The molecule has 0 spiro atoms. The fraction of sp³-hybridized carbons (Fsp3) is 0.467. The summed E-state index contributed by atoms with van der Waals surface area (Å²) < 4.78 is 0. The molecule has 0 saturated heterocycles. The van der Waals surface area contributed by atoms with Crippen LogP contribution in [0, 0.1) is 0 Å². The Morgan fingerprint density at radius 2 is 2.11 bits per heavy atom. The zero-order chi connectivity index (χ0) is 13.1. The molecule has 19 heavy (non-hydrogen) atoms. The molecule has 100 valence electrons. The molecule has 1 heterocycles. The smallest absolute Gasteiger partial charge is 0.117 e. The van der Waals surface area contributed by atoms with Crippen molar-refractivity contribution in [3.8, 4) is 0 Å². The molecule has 2 atom stereocenters. The van der Waals surface area contributed by atoms with Gasteiger partial charge in [0.1, 0.15) is 11.4 Å². The van der Waals surface area contributed by atoms with Crippen LogP contribution in [0.1, 0.15) is 25.7 Å². The summed E-state index contributed by atoms with van der Waals surface area (Å²) in [5, 5.41) is 6.40. The molecule has 1 aromatic carbocycles. The lowest BCUT2D eigenvalue weighted by Gasteiger charge is -2.28. The standard InChI is InChI=1S/C15H19N3S/c1-16-11-5-4-6-12(9-11)19-15-13-7-2-3-8-14(13)17-10-18-15/h2-3,7-8,10-12,16H,4-6,9H2,1H3. The number of aromatic nitrogens is 2. The summed E-state index contributed by atoms with van der Waals surface area (Å²) in [4.78, 5) is 8.81. The van der Waals surface area contributed by atoms with Crippen LogP contribution in [0.15, 0.2) is 35.6 Å². The van der Waals surface area contributed by atoms with E-state index in [2.05, 4.69) is 40.5 Å². The summed E-state index contributed by atoms with van der Waals surface area (Å²) in [7, 11) is 2.07. The summed E-state index contributed by atoms with van der Waals surface area (Å²) in [6, 6.07) is 8.93. The van der Waals surface area contributed by atoms with Crippen LogP contribution >= 0.6 is 11.8 Å². The van der Waals surface area contributed by atoms with Crippen molar-refractivity contribution >= 4 is 22.7 Å². The quantitative estimate of drug-likeness (QED) is 0.871. The summed E-state index contributed by atoms with van der Waals surface area (Å²) in [5.74, 6) is 0. The van der Waals surface area contributed by atoms with Gasteiger partial charge in [0, 0.05) is 16.7 Å². The zero-order valence-corrected chi connectivity index (χ0v) is 12.0. The van der Waals surface area contributed by atoms with E-state index in [1.807, 2.05) is 17.8 Å². The molecule has 3 nitrogen and oxygen atoms in total. The van der Waals surface area contributed by atoms with Gasteiger partial charge in [0.2, 0.25) is 0 Å². The van der Waals surface area contributed by atoms with E-state index in [1.165, 1.54) is 31.1 Å². The molecular formula is C15H19N3S. The molecule has 2 unspecified atom stereocenters. The normalized spacial score (nSPS) is 23.6. The number of thioether (sulfide) groups is 1. The Morgan fingerprint density at radius 3 is 3.00 bits per heavy atom. The number of fused-ring (bicyclic) bond motifs is 1. The van der Waals surface area contributed by atoms with Crippen LogP contribution in [0.4, 0.5) is 0 Å². The van der Waals surface area contributed by atoms with Crippen LogP contribution < -0.4 is 5.32 Å². The highest BCUT2D eigenvalue weighted by atomic mass is 32.2. The van der Waals surface area contributed by atoms with Gasteiger partial charge in [-0.25, -0.2) is 9.97 Å². The van der Waals surface area contributed by atoms with Crippen molar-refractivity contribution in [2.45, 2.75) is 42.0 Å². The Kier molecular flexibility index (Phi) is 3.99.